The number of sulfonamides is 1. The SMILES string of the molecule is O=S(=O)(Nc1cccc2cccnc12)c1ccc2c(c1)C=CCN2. The molecule has 0 unspecified atom stereocenters. The highest BCUT2D eigenvalue weighted by molar-refractivity contribution is 7.92. The zero-order chi connectivity index (χ0) is 16.6. The van der Waals surface area contributed by atoms with Gasteiger partial charge in [0.2, 0.25) is 0 Å². The molecule has 3 aromatic rings. The van der Waals surface area contributed by atoms with Crippen LogP contribution in [0.5, 0.6) is 0 Å². The summed E-state index contributed by atoms with van der Waals surface area (Å²) in [6.45, 7) is 0.749. The highest BCUT2D eigenvalue weighted by atomic mass is 32.2. The van der Waals surface area contributed by atoms with Gasteiger partial charge in [-0.25, -0.2) is 8.42 Å². The molecule has 1 aliphatic rings. The number of pyridine rings is 1. The van der Waals surface area contributed by atoms with Crippen molar-refractivity contribution in [2.45, 2.75) is 4.90 Å². The number of fused-ring (bicyclic) bond motifs is 2. The number of nitrogens with one attached hydrogen (secondary N) is 2. The van der Waals surface area contributed by atoms with E-state index < -0.39 is 10.0 Å². The normalized spacial score (nSPS) is 13.3. The molecule has 2 aromatic carbocycles. The largest absolute Gasteiger partial charge is 0.381 e. The average Bonchev–Trinajstić information content (AvgIpc) is 2.61. The van der Waals surface area contributed by atoms with Crippen LogP contribution in [0, 0.1) is 0 Å². The average molecular weight is 337 g/mol. The van der Waals surface area contributed by atoms with Gasteiger partial charge in [-0.3, -0.25) is 9.71 Å². The van der Waals surface area contributed by atoms with Gasteiger partial charge in [-0.1, -0.05) is 30.4 Å². The summed E-state index contributed by atoms with van der Waals surface area (Å²) in [6, 6.07) is 14.2. The number of benzene rings is 2. The molecule has 2 N–H and O–H groups in total. The molecule has 2 heterocycles. The Morgan fingerprint density at radius 2 is 1.96 bits per heavy atom. The summed E-state index contributed by atoms with van der Waals surface area (Å²) < 4.78 is 28.1. The van der Waals surface area contributed by atoms with Gasteiger partial charge in [0, 0.05) is 23.8 Å². The highest BCUT2D eigenvalue weighted by Gasteiger charge is 2.17. The maximum absolute atomic E-state index is 12.7. The molecule has 0 bridgehead atoms. The Balaban J connectivity index is 1.74. The van der Waals surface area contributed by atoms with Crippen molar-refractivity contribution >= 4 is 38.4 Å². The topological polar surface area (TPSA) is 71.1 Å². The molecule has 0 saturated carbocycles. The summed E-state index contributed by atoms with van der Waals surface area (Å²) in [4.78, 5) is 4.51. The molecule has 0 aliphatic carbocycles. The maximum Gasteiger partial charge on any atom is 0.261 e. The first-order valence-corrected chi connectivity index (χ1v) is 9.03. The van der Waals surface area contributed by atoms with Gasteiger partial charge in [0.15, 0.2) is 0 Å². The fourth-order valence-corrected chi connectivity index (χ4v) is 3.85. The molecule has 4 rings (SSSR count). The van der Waals surface area contributed by atoms with Crippen LogP contribution in [0.3, 0.4) is 0 Å². The van der Waals surface area contributed by atoms with Crippen LogP contribution in [0.2, 0.25) is 0 Å². The Kier molecular flexibility index (Phi) is 3.46. The van der Waals surface area contributed by atoms with E-state index in [-0.39, 0.29) is 4.90 Å². The number of rotatable bonds is 3. The number of para-hydroxylation sites is 1. The van der Waals surface area contributed by atoms with Gasteiger partial charge < -0.3 is 5.32 Å². The molecule has 120 valence electrons. The van der Waals surface area contributed by atoms with Crippen molar-refractivity contribution < 1.29 is 8.42 Å². The lowest BCUT2D eigenvalue weighted by atomic mass is 10.1. The van der Waals surface area contributed by atoms with Gasteiger partial charge in [0.25, 0.3) is 10.0 Å². The van der Waals surface area contributed by atoms with Crippen LogP contribution < -0.4 is 10.0 Å². The smallest absolute Gasteiger partial charge is 0.261 e. The minimum absolute atomic E-state index is 0.225. The molecule has 0 spiro atoms. The van der Waals surface area contributed by atoms with Crippen molar-refractivity contribution in [3.05, 3.63) is 66.4 Å². The van der Waals surface area contributed by atoms with Gasteiger partial charge in [-0.15, -0.1) is 0 Å². The van der Waals surface area contributed by atoms with E-state index in [4.69, 9.17) is 0 Å². The first-order chi connectivity index (χ1) is 11.6. The van der Waals surface area contributed by atoms with Crippen LogP contribution in [0.25, 0.3) is 17.0 Å². The molecule has 24 heavy (non-hydrogen) atoms. The van der Waals surface area contributed by atoms with Gasteiger partial charge in [-0.2, -0.15) is 0 Å². The summed E-state index contributed by atoms with van der Waals surface area (Å²) in [5.74, 6) is 0. The maximum atomic E-state index is 12.7. The van der Waals surface area contributed by atoms with Crippen molar-refractivity contribution in [2.24, 2.45) is 0 Å². The van der Waals surface area contributed by atoms with E-state index >= 15 is 0 Å². The summed E-state index contributed by atoms with van der Waals surface area (Å²) in [6.07, 6.45) is 5.53. The zero-order valence-electron chi connectivity index (χ0n) is 12.7. The molecular formula is C18H15N3O2S. The third-order valence-corrected chi connectivity index (χ3v) is 5.28. The molecule has 0 atom stereocenters. The summed E-state index contributed by atoms with van der Waals surface area (Å²) in [5.41, 5.74) is 2.89. The van der Waals surface area contributed by atoms with E-state index in [1.165, 1.54) is 0 Å². The number of hydrogen-bond donors (Lipinski definition) is 2. The molecule has 6 heteroatoms. The molecule has 0 amide bonds. The third kappa shape index (κ3) is 2.61. The second-order valence-corrected chi connectivity index (χ2v) is 7.20. The number of aromatic nitrogens is 1. The first kappa shape index (κ1) is 14.7. The van der Waals surface area contributed by atoms with Crippen LogP contribution in [-0.2, 0) is 10.0 Å². The van der Waals surface area contributed by atoms with Gasteiger partial charge in [0.05, 0.1) is 16.1 Å². The fourth-order valence-electron chi connectivity index (χ4n) is 2.75. The van der Waals surface area contributed by atoms with Crippen LogP contribution >= 0.6 is 0 Å². The molecule has 0 saturated heterocycles. The summed E-state index contributed by atoms with van der Waals surface area (Å²) >= 11 is 0. The second kappa shape index (κ2) is 5.65. The Bertz CT molecular complexity index is 1050. The predicted octanol–water partition coefficient (Wildman–Crippen LogP) is 3.47. The molecule has 0 radical (unpaired) electrons. The van der Waals surface area contributed by atoms with Crippen molar-refractivity contribution in [2.75, 3.05) is 16.6 Å². The monoisotopic (exact) mass is 337 g/mol. The van der Waals surface area contributed by atoms with Crippen molar-refractivity contribution in [1.29, 1.82) is 0 Å². The number of hydrogen-bond acceptors (Lipinski definition) is 4. The predicted molar refractivity (Wildman–Crippen MR) is 96.5 cm³/mol. The Labute approximate surface area is 140 Å². The summed E-state index contributed by atoms with van der Waals surface area (Å²) in [5, 5.41) is 4.09. The van der Waals surface area contributed by atoms with Crippen LogP contribution in [0.15, 0.2) is 65.7 Å². The highest BCUT2D eigenvalue weighted by Crippen LogP contribution is 2.27. The van der Waals surface area contributed by atoms with E-state index in [1.54, 1.807) is 36.5 Å². The number of anilines is 2. The summed E-state index contributed by atoms with van der Waals surface area (Å²) in [7, 11) is -3.69. The fraction of sp³-hybridized carbons (Fsp3) is 0.0556. The Morgan fingerprint density at radius 3 is 2.88 bits per heavy atom. The van der Waals surface area contributed by atoms with Crippen molar-refractivity contribution in [3.8, 4) is 0 Å². The van der Waals surface area contributed by atoms with Crippen LogP contribution in [0.4, 0.5) is 11.4 Å². The first-order valence-electron chi connectivity index (χ1n) is 7.54. The van der Waals surface area contributed by atoms with Crippen molar-refractivity contribution in [3.63, 3.8) is 0 Å². The molecule has 1 aliphatic heterocycles. The minimum atomic E-state index is -3.69. The Morgan fingerprint density at radius 1 is 1.08 bits per heavy atom. The lowest BCUT2D eigenvalue weighted by Crippen LogP contribution is -2.14. The third-order valence-electron chi connectivity index (χ3n) is 3.92. The lowest BCUT2D eigenvalue weighted by Gasteiger charge is -2.15. The molecule has 0 fully saturated rings. The van der Waals surface area contributed by atoms with Crippen LogP contribution in [0.1, 0.15) is 5.56 Å². The van der Waals surface area contributed by atoms with E-state index in [0.717, 1.165) is 23.2 Å². The molecule has 5 nitrogen and oxygen atoms in total. The van der Waals surface area contributed by atoms with E-state index in [9.17, 15) is 8.42 Å². The van der Waals surface area contributed by atoms with Gasteiger partial charge >= 0.3 is 0 Å². The minimum Gasteiger partial charge on any atom is -0.381 e. The second-order valence-electron chi connectivity index (χ2n) is 5.52. The van der Waals surface area contributed by atoms with E-state index in [2.05, 4.69) is 15.0 Å². The van der Waals surface area contributed by atoms with Gasteiger partial charge in [-0.05, 0) is 35.9 Å². The lowest BCUT2D eigenvalue weighted by molar-refractivity contribution is 0.601. The quantitative estimate of drug-likeness (QED) is 0.768. The number of nitrogens with zero attached hydrogens (tertiary/aromatic N) is 1. The Hall–Kier alpha value is -2.86. The molecule has 1 aromatic heterocycles. The van der Waals surface area contributed by atoms with E-state index in [1.807, 2.05) is 30.4 Å². The standard InChI is InChI=1S/C18H15N3O2S/c22-24(23,15-8-9-16-14(12-15)6-3-10-19-16)21-17-7-1-4-13-5-2-11-20-18(13)17/h1-9,11-12,19,21H,10H2. The van der Waals surface area contributed by atoms with Gasteiger partial charge in [0.1, 0.15) is 0 Å². The van der Waals surface area contributed by atoms with E-state index in [0.29, 0.717) is 11.2 Å². The zero-order valence-corrected chi connectivity index (χ0v) is 13.5. The van der Waals surface area contributed by atoms with Crippen molar-refractivity contribution in [1.82, 2.24) is 4.98 Å². The van der Waals surface area contributed by atoms with Crippen LogP contribution in [-0.4, -0.2) is 19.9 Å². The molecular weight excluding hydrogens is 322 g/mol.